The number of halogens is 1. The number of anilines is 1. The average Bonchev–Trinajstić information content (AvgIpc) is 2.78. The van der Waals surface area contributed by atoms with E-state index < -0.39 is 6.04 Å². The zero-order chi connectivity index (χ0) is 22.7. The van der Waals surface area contributed by atoms with E-state index in [-0.39, 0.29) is 35.2 Å². The quantitative estimate of drug-likeness (QED) is 0.697. The van der Waals surface area contributed by atoms with Gasteiger partial charge in [-0.15, -0.1) is 0 Å². The SMILES string of the molecule is CSCC[C@H](NC(=O)N1C[C@@H]2C[C@H](C1)c1cccc(=O)n1C2)C(=O)Nc1ccc(F)cc1. The molecule has 2 aromatic rings. The third kappa shape index (κ3) is 4.98. The first-order valence-electron chi connectivity index (χ1n) is 10.7. The van der Waals surface area contributed by atoms with E-state index in [1.807, 2.05) is 16.9 Å². The molecule has 9 heteroatoms. The van der Waals surface area contributed by atoms with Gasteiger partial charge in [-0.2, -0.15) is 11.8 Å². The van der Waals surface area contributed by atoms with Gasteiger partial charge in [-0.1, -0.05) is 6.07 Å². The molecule has 2 aliphatic heterocycles. The van der Waals surface area contributed by atoms with Crippen LogP contribution in [0.15, 0.2) is 47.3 Å². The maximum atomic E-state index is 13.1. The molecule has 2 bridgehead atoms. The van der Waals surface area contributed by atoms with Gasteiger partial charge in [0.2, 0.25) is 5.91 Å². The number of hydrogen-bond donors (Lipinski definition) is 2. The molecule has 3 amide bonds. The van der Waals surface area contributed by atoms with E-state index in [0.717, 1.165) is 12.1 Å². The van der Waals surface area contributed by atoms with E-state index >= 15 is 0 Å². The molecule has 3 heterocycles. The van der Waals surface area contributed by atoms with Crippen molar-refractivity contribution in [3.63, 3.8) is 0 Å². The smallest absolute Gasteiger partial charge is 0.318 e. The van der Waals surface area contributed by atoms with E-state index in [0.29, 0.717) is 37.5 Å². The third-order valence-corrected chi connectivity index (χ3v) is 6.75. The third-order valence-electron chi connectivity index (χ3n) is 6.10. The Labute approximate surface area is 190 Å². The Balaban J connectivity index is 1.43. The number of piperidine rings is 1. The van der Waals surface area contributed by atoms with Crippen LogP contribution < -0.4 is 16.2 Å². The van der Waals surface area contributed by atoms with Gasteiger partial charge < -0.3 is 20.1 Å². The van der Waals surface area contributed by atoms with E-state index in [4.69, 9.17) is 0 Å². The number of fused-ring (bicyclic) bond motifs is 4. The fourth-order valence-corrected chi connectivity index (χ4v) is 5.04. The number of urea groups is 1. The first-order chi connectivity index (χ1) is 15.4. The van der Waals surface area contributed by atoms with E-state index in [2.05, 4.69) is 10.6 Å². The second-order valence-electron chi connectivity index (χ2n) is 8.38. The second-order valence-corrected chi connectivity index (χ2v) is 9.37. The number of benzene rings is 1. The number of thioether (sulfide) groups is 1. The number of nitrogens with one attached hydrogen (secondary N) is 2. The number of carbonyl (C=O) groups is 2. The second kappa shape index (κ2) is 9.77. The van der Waals surface area contributed by atoms with Crippen LogP contribution in [0.25, 0.3) is 0 Å². The Morgan fingerprint density at radius 3 is 2.69 bits per heavy atom. The van der Waals surface area contributed by atoms with Crippen molar-refractivity contribution in [2.75, 3.05) is 30.4 Å². The maximum absolute atomic E-state index is 13.1. The van der Waals surface area contributed by atoms with Crippen molar-refractivity contribution in [3.05, 3.63) is 64.3 Å². The molecular formula is C23H27FN4O3S. The molecule has 7 nitrogen and oxygen atoms in total. The Hall–Kier alpha value is -2.81. The van der Waals surface area contributed by atoms with Crippen LogP contribution in [0.1, 0.15) is 24.5 Å². The van der Waals surface area contributed by atoms with Crippen LogP contribution >= 0.6 is 11.8 Å². The molecular weight excluding hydrogens is 431 g/mol. The minimum atomic E-state index is -0.698. The van der Waals surface area contributed by atoms with Crippen molar-refractivity contribution in [2.45, 2.75) is 31.3 Å². The molecule has 3 atom stereocenters. The standard InChI is InChI=1S/C23H27FN4O3S/c1-32-10-9-19(22(30)25-18-7-5-17(24)6-8-18)26-23(31)27-12-15-11-16(14-27)20-3-2-4-21(29)28(20)13-15/h2-8,15-16,19H,9-14H2,1H3,(H,25,30)(H,26,31)/t15-,16+,19-/m0/s1. The molecule has 0 radical (unpaired) electrons. The highest BCUT2D eigenvalue weighted by atomic mass is 32.2. The predicted molar refractivity (Wildman–Crippen MR) is 123 cm³/mol. The van der Waals surface area contributed by atoms with Crippen molar-refractivity contribution in [1.82, 2.24) is 14.8 Å². The van der Waals surface area contributed by atoms with Gasteiger partial charge in [0.15, 0.2) is 0 Å². The summed E-state index contributed by atoms with van der Waals surface area (Å²) in [5.41, 5.74) is 1.46. The Morgan fingerprint density at radius 2 is 1.94 bits per heavy atom. The first-order valence-corrected chi connectivity index (χ1v) is 12.1. The molecule has 1 aromatic heterocycles. The van der Waals surface area contributed by atoms with Crippen LogP contribution in [0, 0.1) is 11.7 Å². The van der Waals surface area contributed by atoms with Gasteiger partial charge in [0.25, 0.3) is 5.56 Å². The summed E-state index contributed by atoms with van der Waals surface area (Å²) in [6.45, 7) is 1.68. The largest absolute Gasteiger partial charge is 0.326 e. The van der Waals surface area contributed by atoms with Gasteiger partial charge in [0, 0.05) is 43.0 Å². The fraction of sp³-hybridized carbons (Fsp3) is 0.435. The number of nitrogens with zero attached hydrogens (tertiary/aromatic N) is 2. The lowest BCUT2D eigenvalue weighted by molar-refractivity contribution is -0.118. The van der Waals surface area contributed by atoms with Gasteiger partial charge in [-0.3, -0.25) is 9.59 Å². The molecule has 0 unspecified atom stereocenters. The molecule has 1 aromatic carbocycles. The minimum absolute atomic E-state index is 0.00435. The highest BCUT2D eigenvalue weighted by Crippen LogP contribution is 2.34. The molecule has 0 saturated carbocycles. The molecule has 0 spiro atoms. The highest BCUT2D eigenvalue weighted by Gasteiger charge is 2.37. The molecule has 4 rings (SSSR count). The summed E-state index contributed by atoms with van der Waals surface area (Å²) >= 11 is 1.60. The maximum Gasteiger partial charge on any atom is 0.318 e. The van der Waals surface area contributed by atoms with Gasteiger partial charge >= 0.3 is 6.03 Å². The lowest BCUT2D eigenvalue weighted by atomic mass is 9.83. The molecule has 32 heavy (non-hydrogen) atoms. The average molecular weight is 459 g/mol. The summed E-state index contributed by atoms with van der Waals surface area (Å²) in [5.74, 6) is 0.330. The van der Waals surface area contributed by atoms with Crippen molar-refractivity contribution in [2.24, 2.45) is 5.92 Å². The zero-order valence-electron chi connectivity index (χ0n) is 17.9. The van der Waals surface area contributed by atoms with Crippen LogP contribution in [0.4, 0.5) is 14.9 Å². The molecule has 1 saturated heterocycles. The van der Waals surface area contributed by atoms with E-state index in [1.54, 1.807) is 28.8 Å². The normalized spacial score (nSPS) is 20.2. The summed E-state index contributed by atoms with van der Waals surface area (Å²) in [6.07, 6.45) is 3.38. The van der Waals surface area contributed by atoms with Crippen molar-refractivity contribution >= 4 is 29.4 Å². The lowest BCUT2D eigenvalue weighted by Crippen LogP contribution is -2.55. The zero-order valence-corrected chi connectivity index (χ0v) is 18.7. The van der Waals surface area contributed by atoms with Crippen LogP contribution in [0.5, 0.6) is 0 Å². The van der Waals surface area contributed by atoms with Crippen LogP contribution in [0.3, 0.4) is 0 Å². The van der Waals surface area contributed by atoms with E-state index in [9.17, 15) is 18.8 Å². The highest BCUT2D eigenvalue weighted by molar-refractivity contribution is 7.98. The minimum Gasteiger partial charge on any atom is -0.326 e. The monoisotopic (exact) mass is 458 g/mol. The van der Waals surface area contributed by atoms with Gasteiger partial charge in [-0.05, 0) is 61.1 Å². The molecule has 170 valence electrons. The van der Waals surface area contributed by atoms with Crippen LogP contribution in [0.2, 0.25) is 0 Å². The van der Waals surface area contributed by atoms with Crippen molar-refractivity contribution < 1.29 is 14.0 Å². The Morgan fingerprint density at radius 1 is 1.16 bits per heavy atom. The van der Waals surface area contributed by atoms with Gasteiger partial charge in [0.05, 0.1) is 0 Å². The van der Waals surface area contributed by atoms with Crippen LogP contribution in [-0.4, -0.2) is 52.5 Å². The lowest BCUT2D eigenvalue weighted by Gasteiger charge is -2.43. The number of carbonyl (C=O) groups excluding carboxylic acids is 2. The number of hydrogen-bond acceptors (Lipinski definition) is 4. The summed E-state index contributed by atoms with van der Waals surface area (Å²) in [4.78, 5) is 39.9. The Kier molecular flexibility index (Phi) is 6.83. The Bertz CT molecular complexity index is 1040. The van der Waals surface area contributed by atoms with Crippen molar-refractivity contribution in [1.29, 1.82) is 0 Å². The predicted octanol–water partition coefficient (Wildman–Crippen LogP) is 2.88. The summed E-state index contributed by atoms with van der Waals surface area (Å²) in [6, 6.07) is 9.88. The van der Waals surface area contributed by atoms with Crippen molar-refractivity contribution in [3.8, 4) is 0 Å². The number of aromatic nitrogens is 1. The summed E-state index contributed by atoms with van der Waals surface area (Å²) < 4.78 is 15.0. The first kappa shape index (κ1) is 22.4. The molecule has 1 fully saturated rings. The molecule has 2 N–H and O–H groups in total. The number of rotatable bonds is 6. The number of likely N-dealkylation sites (tertiary alicyclic amines) is 1. The number of amides is 3. The van der Waals surface area contributed by atoms with Gasteiger partial charge in [0.1, 0.15) is 11.9 Å². The summed E-state index contributed by atoms with van der Waals surface area (Å²) in [7, 11) is 0. The summed E-state index contributed by atoms with van der Waals surface area (Å²) in [5, 5.41) is 5.66. The van der Waals surface area contributed by atoms with Gasteiger partial charge in [-0.25, -0.2) is 9.18 Å². The fourth-order valence-electron chi connectivity index (χ4n) is 4.57. The molecule has 0 aliphatic carbocycles. The molecule has 2 aliphatic rings. The topological polar surface area (TPSA) is 83.4 Å². The van der Waals surface area contributed by atoms with Crippen LogP contribution in [-0.2, 0) is 11.3 Å². The number of pyridine rings is 1. The van der Waals surface area contributed by atoms with E-state index in [1.165, 1.54) is 24.3 Å².